The third-order valence-corrected chi connectivity index (χ3v) is 7.15. The zero-order valence-corrected chi connectivity index (χ0v) is 15.4. The first-order valence-electron chi connectivity index (χ1n) is 9.00. The summed E-state index contributed by atoms with van der Waals surface area (Å²) in [6.07, 6.45) is 3.25. The molecule has 2 aliphatic rings. The summed E-state index contributed by atoms with van der Waals surface area (Å²) >= 11 is 0. The molecule has 0 fully saturated rings. The first-order chi connectivity index (χ1) is 13.0. The molecule has 3 aromatic rings. The number of aryl methyl sites for hydroxylation is 2. The van der Waals surface area contributed by atoms with Crippen molar-refractivity contribution in [1.29, 1.82) is 0 Å². The lowest BCUT2D eigenvalue weighted by Gasteiger charge is -2.18. The topological polar surface area (TPSA) is 66.5 Å². The van der Waals surface area contributed by atoms with Gasteiger partial charge < -0.3 is 5.32 Å². The van der Waals surface area contributed by atoms with Gasteiger partial charge in [0.1, 0.15) is 6.54 Å². The number of carbonyl (C=O) groups excluding carboxylic acids is 1. The van der Waals surface area contributed by atoms with Gasteiger partial charge in [-0.05, 0) is 60.0 Å². The van der Waals surface area contributed by atoms with Crippen LogP contribution in [0.15, 0.2) is 59.5 Å². The van der Waals surface area contributed by atoms with Gasteiger partial charge in [-0.15, -0.1) is 0 Å². The number of sulfonamides is 1. The summed E-state index contributed by atoms with van der Waals surface area (Å²) < 4.78 is 27.1. The van der Waals surface area contributed by atoms with E-state index in [9.17, 15) is 13.2 Å². The molecule has 0 saturated carbocycles. The highest BCUT2D eigenvalue weighted by molar-refractivity contribution is 7.93. The maximum atomic E-state index is 13.0. The minimum atomic E-state index is -3.72. The minimum absolute atomic E-state index is 0.243. The second kappa shape index (κ2) is 5.82. The molecule has 1 aliphatic carbocycles. The van der Waals surface area contributed by atoms with Crippen LogP contribution in [0, 0.1) is 0 Å². The average Bonchev–Trinajstić information content (AvgIpc) is 3.20. The highest BCUT2D eigenvalue weighted by atomic mass is 32.2. The van der Waals surface area contributed by atoms with Gasteiger partial charge in [-0.25, -0.2) is 8.42 Å². The van der Waals surface area contributed by atoms with Crippen LogP contribution < -0.4 is 9.62 Å². The maximum absolute atomic E-state index is 13.0. The summed E-state index contributed by atoms with van der Waals surface area (Å²) in [6, 6.07) is 16.6. The molecule has 0 atom stereocenters. The van der Waals surface area contributed by atoms with Crippen LogP contribution in [0.4, 0.5) is 11.4 Å². The molecular weight excluding hydrogens is 360 g/mol. The number of rotatable bonds is 3. The van der Waals surface area contributed by atoms with Crippen molar-refractivity contribution in [2.75, 3.05) is 16.2 Å². The average molecular weight is 378 g/mol. The Morgan fingerprint density at radius 3 is 2.63 bits per heavy atom. The predicted octanol–water partition coefficient (Wildman–Crippen LogP) is 3.48. The van der Waals surface area contributed by atoms with E-state index in [1.54, 1.807) is 18.2 Å². The Morgan fingerprint density at radius 2 is 1.78 bits per heavy atom. The van der Waals surface area contributed by atoms with E-state index in [1.165, 1.54) is 15.4 Å². The Hall–Kier alpha value is -2.86. The molecule has 6 heteroatoms. The molecule has 1 N–H and O–H groups in total. The number of fused-ring (bicyclic) bond motifs is 1. The first-order valence-corrected chi connectivity index (χ1v) is 10.4. The number of nitrogens with zero attached hydrogens (tertiary/aromatic N) is 1. The Labute approximate surface area is 157 Å². The van der Waals surface area contributed by atoms with Crippen LogP contribution in [0.3, 0.4) is 0 Å². The van der Waals surface area contributed by atoms with Crippen LogP contribution in [0.5, 0.6) is 0 Å². The van der Waals surface area contributed by atoms with Gasteiger partial charge in [0.2, 0.25) is 5.91 Å². The van der Waals surface area contributed by atoms with E-state index in [1.807, 2.05) is 36.4 Å². The fourth-order valence-corrected chi connectivity index (χ4v) is 5.78. The highest BCUT2D eigenvalue weighted by Gasteiger charge is 2.36. The van der Waals surface area contributed by atoms with E-state index in [0.29, 0.717) is 16.8 Å². The molecule has 0 aromatic heterocycles. The zero-order chi connectivity index (χ0) is 18.6. The number of hydrogen-bond donors (Lipinski definition) is 1. The molecule has 3 aromatic carbocycles. The van der Waals surface area contributed by atoms with Crippen LogP contribution in [-0.2, 0) is 27.7 Å². The molecule has 136 valence electrons. The van der Waals surface area contributed by atoms with E-state index in [-0.39, 0.29) is 17.3 Å². The van der Waals surface area contributed by atoms with Crippen LogP contribution in [0.25, 0.3) is 10.8 Å². The number of carbonyl (C=O) groups is 1. The van der Waals surface area contributed by atoms with Gasteiger partial charge >= 0.3 is 0 Å². The molecular formula is C21H18N2O3S. The quantitative estimate of drug-likeness (QED) is 0.759. The maximum Gasteiger partial charge on any atom is 0.265 e. The smallest absolute Gasteiger partial charge is 0.265 e. The van der Waals surface area contributed by atoms with E-state index in [2.05, 4.69) is 5.32 Å². The molecule has 5 rings (SSSR count). The lowest BCUT2D eigenvalue weighted by Crippen LogP contribution is -2.35. The lowest BCUT2D eigenvalue weighted by atomic mass is 10.1. The van der Waals surface area contributed by atoms with E-state index >= 15 is 0 Å². The van der Waals surface area contributed by atoms with Gasteiger partial charge in [-0.3, -0.25) is 9.10 Å². The number of nitrogens with one attached hydrogen (secondary N) is 1. The Morgan fingerprint density at radius 1 is 1.00 bits per heavy atom. The molecule has 0 radical (unpaired) electrons. The molecule has 0 saturated heterocycles. The van der Waals surface area contributed by atoms with Gasteiger partial charge in [-0.2, -0.15) is 0 Å². The largest absolute Gasteiger partial charge is 0.325 e. The third-order valence-electron chi connectivity index (χ3n) is 5.35. The monoisotopic (exact) mass is 378 g/mol. The van der Waals surface area contributed by atoms with Crippen molar-refractivity contribution in [3.05, 3.63) is 65.7 Å². The summed E-state index contributed by atoms with van der Waals surface area (Å²) in [5.74, 6) is -0.346. The van der Waals surface area contributed by atoms with Crippen LogP contribution >= 0.6 is 0 Å². The van der Waals surface area contributed by atoms with Gasteiger partial charge in [0, 0.05) is 11.1 Å². The molecule has 0 spiro atoms. The van der Waals surface area contributed by atoms with Gasteiger partial charge in [0.15, 0.2) is 0 Å². The van der Waals surface area contributed by atoms with Gasteiger partial charge in [0.05, 0.1) is 10.6 Å². The molecule has 5 nitrogen and oxygen atoms in total. The molecule has 1 aliphatic heterocycles. The van der Waals surface area contributed by atoms with Crippen molar-refractivity contribution >= 4 is 38.1 Å². The summed E-state index contributed by atoms with van der Waals surface area (Å²) in [6.45, 7) is -0.243. The van der Waals surface area contributed by atoms with Crippen molar-refractivity contribution in [2.24, 2.45) is 0 Å². The van der Waals surface area contributed by atoms with Gasteiger partial charge in [-0.1, -0.05) is 30.3 Å². The number of anilines is 2. The second-order valence-electron chi connectivity index (χ2n) is 7.03. The lowest BCUT2D eigenvalue weighted by molar-refractivity contribution is -0.114. The van der Waals surface area contributed by atoms with Crippen LogP contribution in [0.2, 0.25) is 0 Å². The van der Waals surface area contributed by atoms with Gasteiger partial charge in [0.25, 0.3) is 10.0 Å². The summed E-state index contributed by atoms with van der Waals surface area (Å²) in [5.41, 5.74) is 3.87. The molecule has 1 amide bonds. The van der Waals surface area contributed by atoms with E-state index in [0.717, 1.165) is 24.6 Å². The van der Waals surface area contributed by atoms with Crippen molar-refractivity contribution in [3.8, 4) is 0 Å². The number of benzene rings is 3. The zero-order valence-electron chi connectivity index (χ0n) is 14.6. The van der Waals surface area contributed by atoms with Crippen molar-refractivity contribution in [3.63, 3.8) is 0 Å². The second-order valence-corrected chi connectivity index (χ2v) is 8.86. The Bertz CT molecular complexity index is 1200. The SMILES string of the molecule is O=C(CN1c2cccc3cccc(c23)S1(=O)=O)Nc1ccc2c(c1)CCC2. The molecule has 0 bridgehead atoms. The third kappa shape index (κ3) is 2.51. The van der Waals surface area contributed by atoms with E-state index < -0.39 is 10.0 Å². The van der Waals surface area contributed by atoms with E-state index in [4.69, 9.17) is 0 Å². The Kier molecular flexibility index (Phi) is 3.52. The number of hydrogen-bond acceptors (Lipinski definition) is 3. The minimum Gasteiger partial charge on any atom is -0.325 e. The normalized spacial score (nSPS) is 16.5. The number of amides is 1. The van der Waals surface area contributed by atoms with Crippen molar-refractivity contribution in [2.45, 2.75) is 24.2 Å². The van der Waals surface area contributed by atoms with Crippen LogP contribution in [-0.4, -0.2) is 20.9 Å². The van der Waals surface area contributed by atoms with Crippen molar-refractivity contribution in [1.82, 2.24) is 0 Å². The van der Waals surface area contributed by atoms with Crippen LogP contribution in [0.1, 0.15) is 17.5 Å². The fraction of sp³-hybridized carbons (Fsp3) is 0.190. The Balaban J connectivity index is 1.44. The summed E-state index contributed by atoms with van der Waals surface area (Å²) in [4.78, 5) is 12.9. The summed E-state index contributed by atoms with van der Waals surface area (Å²) in [5, 5.41) is 4.39. The highest BCUT2D eigenvalue weighted by Crippen LogP contribution is 2.41. The molecule has 27 heavy (non-hydrogen) atoms. The van der Waals surface area contributed by atoms with Crippen molar-refractivity contribution < 1.29 is 13.2 Å². The fourth-order valence-electron chi connectivity index (χ4n) is 4.11. The standard InChI is InChI=1S/C21H18N2O3S/c24-20(22-17-11-10-14-4-1-7-16(14)12-17)13-23-18-8-2-5-15-6-3-9-19(21(15)18)27(23,25)26/h2-3,5-6,8-12H,1,4,7,13H2,(H,22,24). The predicted molar refractivity (Wildman–Crippen MR) is 106 cm³/mol. The summed E-state index contributed by atoms with van der Waals surface area (Å²) in [7, 11) is -3.72. The first kappa shape index (κ1) is 16.3. The molecule has 1 heterocycles. The molecule has 0 unspecified atom stereocenters.